The van der Waals surface area contributed by atoms with Crippen molar-refractivity contribution in [2.75, 3.05) is 5.32 Å². The number of nitrogens with one attached hydrogen (secondary N) is 1. The second kappa shape index (κ2) is 4.40. The van der Waals surface area contributed by atoms with Gasteiger partial charge in [0.05, 0.1) is 18.6 Å². The molecule has 94 valence electrons. The molecule has 2 aromatic rings. The summed E-state index contributed by atoms with van der Waals surface area (Å²) in [4.78, 5) is 4.12. The van der Waals surface area contributed by atoms with Crippen LogP contribution < -0.4 is 5.32 Å². The van der Waals surface area contributed by atoms with Gasteiger partial charge in [-0.25, -0.2) is 13.8 Å². The van der Waals surface area contributed by atoms with Gasteiger partial charge in [0.15, 0.2) is 11.6 Å². The van der Waals surface area contributed by atoms with Gasteiger partial charge < -0.3 is 9.88 Å². The monoisotopic (exact) mass is 249 g/mol. The molecule has 0 aliphatic heterocycles. The van der Waals surface area contributed by atoms with Crippen LogP contribution in [0.2, 0.25) is 0 Å². The Hall–Kier alpha value is -1.91. The number of benzene rings is 1. The highest BCUT2D eigenvalue weighted by Gasteiger charge is 2.24. The lowest BCUT2D eigenvalue weighted by molar-refractivity contribution is 0.509. The third-order valence-corrected chi connectivity index (χ3v) is 3.08. The van der Waals surface area contributed by atoms with Crippen LogP contribution in [0.3, 0.4) is 0 Å². The van der Waals surface area contributed by atoms with E-state index in [4.69, 9.17) is 0 Å². The Labute approximate surface area is 103 Å². The number of halogens is 2. The van der Waals surface area contributed by atoms with Crippen LogP contribution in [0.15, 0.2) is 30.7 Å². The largest absolute Gasteiger partial charge is 0.379 e. The molecule has 0 amide bonds. The van der Waals surface area contributed by atoms with Crippen molar-refractivity contribution in [1.82, 2.24) is 9.55 Å². The number of anilines is 1. The van der Waals surface area contributed by atoms with Crippen molar-refractivity contribution >= 4 is 5.69 Å². The van der Waals surface area contributed by atoms with Gasteiger partial charge in [0.25, 0.3) is 0 Å². The van der Waals surface area contributed by atoms with Crippen LogP contribution in [0, 0.1) is 11.6 Å². The molecule has 0 radical (unpaired) electrons. The first kappa shape index (κ1) is 11.2. The summed E-state index contributed by atoms with van der Waals surface area (Å²) in [5.74, 6) is -1.67. The van der Waals surface area contributed by atoms with E-state index in [-0.39, 0.29) is 0 Å². The van der Waals surface area contributed by atoms with Crippen molar-refractivity contribution in [2.24, 2.45) is 0 Å². The second-order valence-corrected chi connectivity index (χ2v) is 4.51. The SMILES string of the molecule is Fc1ccc(NCc2cncn2C2CC2)cc1F. The Kier molecular flexibility index (Phi) is 2.74. The number of hydrogen-bond donors (Lipinski definition) is 1. The molecule has 0 spiro atoms. The lowest BCUT2D eigenvalue weighted by atomic mass is 10.3. The fourth-order valence-corrected chi connectivity index (χ4v) is 1.95. The molecule has 1 aromatic carbocycles. The summed E-state index contributed by atoms with van der Waals surface area (Å²) in [6.45, 7) is 0.557. The van der Waals surface area contributed by atoms with Gasteiger partial charge in [-0.15, -0.1) is 0 Å². The maximum Gasteiger partial charge on any atom is 0.160 e. The van der Waals surface area contributed by atoms with Crippen molar-refractivity contribution < 1.29 is 8.78 Å². The summed E-state index contributed by atoms with van der Waals surface area (Å²) in [6.07, 6.45) is 5.99. The first-order chi connectivity index (χ1) is 8.74. The van der Waals surface area contributed by atoms with Crippen molar-refractivity contribution in [1.29, 1.82) is 0 Å². The molecule has 3 rings (SSSR count). The molecule has 3 nitrogen and oxygen atoms in total. The van der Waals surface area contributed by atoms with Crippen LogP contribution in [0.4, 0.5) is 14.5 Å². The van der Waals surface area contributed by atoms with Gasteiger partial charge in [0.1, 0.15) is 0 Å². The molecule has 0 bridgehead atoms. The molecule has 1 fully saturated rings. The summed E-state index contributed by atoms with van der Waals surface area (Å²) < 4.78 is 27.9. The van der Waals surface area contributed by atoms with E-state index in [0.29, 0.717) is 18.3 Å². The molecule has 1 saturated carbocycles. The molecular weight excluding hydrogens is 236 g/mol. The molecule has 1 aromatic heterocycles. The van der Waals surface area contributed by atoms with Crippen LogP contribution >= 0.6 is 0 Å². The van der Waals surface area contributed by atoms with E-state index < -0.39 is 11.6 Å². The number of rotatable bonds is 4. The van der Waals surface area contributed by atoms with Crippen molar-refractivity contribution in [3.05, 3.63) is 48.1 Å². The minimum absolute atomic E-state index is 0.557. The lowest BCUT2D eigenvalue weighted by Gasteiger charge is -2.09. The van der Waals surface area contributed by atoms with Gasteiger partial charge in [-0.3, -0.25) is 0 Å². The van der Waals surface area contributed by atoms with Gasteiger partial charge >= 0.3 is 0 Å². The fourth-order valence-electron chi connectivity index (χ4n) is 1.95. The van der Waals surface area contributed by atoms with Crippen LogP contribution in [0.5, 0.6) is 0 Å². The third kappa shape index (κ3) is 2.20. The summed E-state index contributed by atoms with van der Waals surface area (Å²) >= 11 is 0. The van der Waals surface area contributed by atoms with Gasteiger partial charge in [-0.1, -0.05) is 0 Å². The van der Waals surface area contributed by atoms with E-state index >= 15 is 0 Å². The topological polar surface area (TPSA) is 29.9 Å². The van der Waals surface area contributed by atoms with E-state index in [9.17, 15) is 8.78 Å². The molecule has 1 N–H and O–H groups in total. The average molecular weight is 249 g/mol. The average Bonchev–Trinajstić information content (AvgIpc) is 3.10. The minimum Gasteiger partial charge on any atom is -0.379 e. The van der Waals surface area contributed by atoms with E-state index in [1.807, 2.05) is 6.33 Å². The summed E-state index contributed by atoms with van der Waals surface area (Å²) in [5.41, 5.74) is 1.62. The first-order valence-corrected chi connectivity index (χ1v) is 5.93. The smallest absolute Gasteiger partial charge is 0.160 e. The van der Waals surface area contributed by atoms with Gasteiger partial charge in [-0.2, -0.15) is 0 Å². The number of imidazole rings is 1. The molecule has 0 unspecified atom stereocenters. The Balaban J connectivity index is 1.69. The zero-order valence-electron chi connectivity index (χ0n) is 9.74. The number of hydrogen-bond acceptors (Lipinski definition) is 2. The Bertz CT molecular complexity index is 561. The Morgan fingerprint density at radius 2 is 2.11 bits per heavy atom. The molecule has 1 aliphatic carbocycles. The number of aromatic nitrogens is 2. The van der Waals surface area contributed by atoms with E-state index in [1.165, 1.54) is 18.9 Å². The van der Waals surface area contributed by atoms with E-state index in [0.717, 1.165) is 17.8 Å². The maximum absolute atomic E-state index is 13.0. The molecular formula is C13H13F2N3. The minimum atomic E-state index is -0.837. The van der Waals surface area contributed by atoms with Crippen LogP contribution in [-0.2, 0) is 6.54 Å². The highest BCUT2D eigenvalue weighted by molar-refractivity contribution is 5.43. The molecule has 1 heterocycles. The first-order valence-electron chi connectivity index (χ1n) is 5.93. The van der Waals surface area contributed by atoms with Crippen LogP contribution in [0.1, 0.15) is 24.6 Å². The number of nitrogens with zero attached hydrogens (tertiary/aromatic N) is 2. The predicted octanol–water partition coefficient (Wildman–Crippen LogP) is 3.11. The van der Waals surface area contributed by atoms with E-state index in [2.05, 4.69) is 14.9 Å². The molecule has 0 atom stereocenters. The molecule has 0 saturated heterocycles. The van der Waals surface area contributed by atoms with Gasteiger partial charge in [-0.05, 0) is 25.0 Å². The van der Waals surface area contributed by atoms with E-state index in [1.54, 1.807) is 6.20 Å². The predicted molar refractivity (Wildman–Crippen MR) is 64.2 cm³/mol. The zero-order chi connectivity index (χ0) is 12.5. The third-order valence-electron chi connectivity index (χ3n) is 3.08. The summed E-state index contributed by atoms with van der Waals surface area (Å²) in [5, 5.41) is 3.07. The van der Waals surface area contributed by atoms with Crippen LogP contribution in [-0.4, -0.2) is 9.55 Å². The van der Waals surface area contributed by atoms with Crippen molar-refractivity contribution in [2.45, 2.75) is 25.4 Å². The quantitative estimate of drug-likeness (QED) is 0.902. The zero-order valence-corrected chi connectivity index (χ0v) is 9.74. The lowest BCUT2D eigenvalue weighted by Crippen LogP contribution is -2.06. The Morgan fingerprint density at radius 3 is 2.83 bits per heavy atom. The molecule has 1 aliphatic rings. The second-order valence-electron chi connectivity index (χ2n) is 4.51. The van der Waals surface area contributed by atoms with Crippen molar-refractivity contribution in [3.8, 4) is 0 Å². The summed E-state index contributed by atoms with van der Waals surface area (Å²) in [7, 11) is 0. The molecule has 5 heteroatoms. The fraction of sp³-hybridized carbons (Fsp3) is 0.308. The molecule has 18 heavy (non-hydrogen) atoms. The van der Waals surface area contributed by atoms with Crippen LogP contribution in [0.25, 0.3) is 0 Å². The summed E-state index contributed by atoms with van der Waals surface area (Å²) in [6, 6.07) is 4.37. The Morgan fingerprint density at radius 1 is 1.28 bits per heavy atom. The highest BCUT2D eigenvalue weighted by atomic mass is 19.2. The highest BCUT2D eigenvalue weighted by Crippen LogP contribution is 2.35. The maximum atomic E-state index is 13.0. The normalized spacial score (nSPS) is 14.8. The van der Waals surface area contributed by atoms with Gasteiger partial charge in [0.2, 0.25) is 0 Å². The van der Waals surface area contributed by atoms with Crippen molar-refractivity contribution in [3.63, 3.8) is 0 Å². The standard InChI is InChI=1S/C13H13F2N3/c14-12-4-1-9(5-13(12)15)17-7-11-6-16-8-18(11)10-2-3-10/h1,4-6,8,10,17H,2-3,7H2. The van der Waals surface area contributed by atoms with Gasteiger partial charge in [0, 0.05) is 24.0 Å².